The van der Waals surface area contributed by atoms with Gasteiger partial charge in [-0.2, -0.15) is 4.90 Å². The van der Waals surface area contributed by atoms with Crippen LogP contribution in [0, 0.1) is 22.3 Å². The second-order valence-electron chi connectivity index (χ2n) is 1.68. The van der Waals surface area contributed by atoms with E-state index < -0.39 is 0 Å². The average Bonchev–Trinajstić information content (AvgIpc) is 1.90. The summed E-state index contributed by atoms with van der Waals surface area (Å²) in [6, 6.07) is 7.38. The van der Waals surface area contributed by atoms with Gasteiger partial charge in [0.25, 0.3) is 0 Å². The molecule has 1 aromatic carbocycles. The Balaban J connectivity index is -0.0000000540. The number of ether oxygens (including phenoxy) is 1. The van der Waals surface area contributed by atoms with Crippen LogP contribution in [0.3, 0.4) is 0 Å². The SMILES string of the molecule is COc1ccc([S-])cc1.[Al+3].[CH3-].[CH3-].[CH3-].[Li+]. The molecular formula is C10H16AlLiOS. The summed E-state index contributed by atoms with van der Waals surface area (Å²) < 4.78 is 4.92. The Kier molecular flexibility index (Phi) is 33.1. The maximum atomic E-state index is 4.92. The van der Waals surface area contributed by atoms with Gasteiger partial charge < -0.3 is 39.6 Å². The minimum atomic E-state index is 0. The molecule has 0 aliphatic carbocycles. The molecule has 0 aliphatic heterocycles. The first-order valence-corrected chi connectivity index (χ1v) is 3.05. The predicted octanol–water partition coefficient (Wildman–Crippen LogP) is -0.425. The van der Waals surface area contributed by atoms with Crippen LogP contribution >= 0.6 is 0 Å². The third-order valence-corrected chi connectivity index (χ3v) is 1.33. The molecule has 1 nitrogen and oxygen atoms in total. The molecule has 0 amide bonds. The summed E-state index contributed by atoms with van der Waals surface area (Å²) in [6.07, 6.45) is 0. The van der Waals surface area contributed by atoms with Gasteiger partial charge in [-0.1, -0.05) is 12.1 Å². The third kappa shape index (κ3) is 10.5. The van der Waals surface area contributed by atoms with Gasteiger partial charge in [-0.25, -0.2) is 0 Å². The fraction of sp³-hybridized carbons (Fsp3) is 0.100. The third-order valence-electron chi connectivity index (χ3n) is 1.06. The molecule has 0 fully saturated rings. The largest absolute Gasteiger partial charge is 3.00 e. The molecule has 0 unspecified atom stereocenters. The number of benzene rings is 1. The van der Waals surface area contributed by atoms with E-state index in [4.69, 9.17) is 17.4 Å². The minimum Gasteiger partial charge on any atom is -0.780 e. The fourth-order valence-electron chi connectivity index (χ4n) is 0.576. The molecule has 0 aliphatic rings. The van der Waals surface area contributed by atoms with Crippen molar-refractivity contribution in [1.82, 2.24) is 0 Å². The molecule has 0 heterocycles. The molecule has 1 rings (SSSR count). The van der Waals surface area contributed by atoms with Gasteiger partial charge in [0.15, 0.2) is 0 Å². The molecular weight excluding hydrogens is 202 g/mol. The van der Waals surface area contributed by atoms with Crippen LogP contribution in [0.5, 0.6) is 5.75 Å². The van der Waals surface area contributed by atoms with Crippen LogP contribution in [0.15, 0.2) is 29.2 Å². The van der Waals surface area contributed by atoms with Crippen LogP contribution in [0.2, 0.25) is 0 Å². The first kappa shape index (κ1) is 29.3. The Morgan fingerprint density at radius 3 is 1.64 bits per heavy atom. The van der Waals surface area contributed by atoms with Crippen LogP contribution in [-0.2, 0) is 12.6 Å². The Bertz CT molecular complexity index is 192. The summed E-state index contributed by atoms with van der Waals surface area (Å²) in [5.41, 5.74) is 0. The van der Waals surface area contributed by atoms with Crippen molar-refractivity contribution in [3.8, 4) is 5.75 Å². The van der Waals surface area contributed by atoms with E-state index in [0.717, 1.165) is 10.6 Å². The zero-order valence-electron chi connectivity index (χ0n) is 9.70. The van der Waals surface area contributed by atoms with Crippen molar-refractivity contribution in [2.24, 2.45) is 0 Å². The summed E-state index contributed by atoms with van der Waals surface area (Å²) in [4.78, 5) is 0.843. The summed E-state index contributed by atoms with van der Waals surface area (Å²) in [7, 11) is 1.64. The van der Waals surface area contributed by atoms with E-state index in [9.17, 15) is 0 Å². The van der Waals surface area contributed by atoms with Crippen LogP contribution in [0.1, 0.15) is 0 Å². The molecule has 0 saturated heterocycles. The summed E-state index contributed by atoms with van der Waals surface area (Å²) >= 11 is 4.86. The standard InChI is InChI=1S/C7H8OS.3CH3.Al.Li/c1-8-6-2-4-7(9)5-3-6;;;;;/h2-5,9H,1H3;3*1H3;;/q;3*-1;+3;+1/p-1. The van der Waals surface area contributed by atoms with Gasteiger partial charge in [-0.05, 0) is 12.1 Å². The van der Waals surface area contributed by atoms with Gasteiger partial charge in [0.2, 0.25) is 0 Å². The molecule has 0 spiro atoms. The smallest absolute Gasteiger partial charge is 0.780 e. The quantitative estimate of drug-likeness (QED) is 0.359. The van der Waals surface area contributed by atoms with Crippen molar-refractivity contribution in [3.05, 3.63) is 46.5 Å². The molecule has 0 bridgehead atoms. The van der Waals surface area contributed by atoms with Crippen LogP contribution in [0.4, 0.5) is 0 Å². The second-order valence-corrected chi connectivity index (χ2v) is 2.15. The fourth-order valence-corrected chi connectivity index (χ4v) is 0.712. The maximum absolute atomic E-state index is 4.92. The monoisotopic (exact) mass is 218 g/mol. The van der Waals surface area contributed by atoms with E-state index in [2.05, 4.69) is 0 Å². The average molecular weight is 218 g/mol. The summed E-state index contributed by atoms with van der Waals surface area (Å²) in [5, 5.41) is 0. The Labute approximate surface area is 117 Å². The molecule has 72 valence electrons. The van der Waals surface area contributed by atoms with Crippen LogP contribution in [-0.4, -0.2) is 24.5 Å². The van der Waals surface area contributed by atoms with E-state index >= 15 is 0 Å². The van der Waals surface area contributed by atoms with E-state index in [1.54, 1.807) is 7.11 Å². The van der Waals surface area contributed by atoms with Gasteiger partial charge in [-0.15, -0.1) is 0 Å². The molecule has 0 radical (unpaired) electrons. The molecule has 0 saturated carbocycles. The molecule has 0 aromatic heterocycles. The predicted molar refractivity (Wildman–Crippen MR) is 63.6 cm³/mol. The van der Waals surface area contributed by atoms with Crippen LogP contribution < -0.4 is 23.6 Å². The Morgan fingerprint density at radius 1 is 1.00 bits per heavy atom. The zero-order chi connectivity index (χ0) is 6.69. The van der Waals surface area contributed by atoms with Crippen molar-refractivity contribution in [1.29, 1.82) is 0 Å². The minimum absolute atomic E-state index is 0. The zero-order valence-corrected chi connectivity index (χ0v) is 11.7. The van der Waals surface area contributed by atoms with Gasteiger partial charge in [0.1, 0.15) is 5.75 Å². The van der Waals surface area contributed by atoms with Crippen molar-refractivity contribution < 1.29 is 23.6 Å². The molecule has 1 aromatic rings. The molecule has 0 atom stereocenters. The van der Waals surface area contributed by atoms with Crippen molar-refractivity contribution >= 4 is 30.0 Å². The van der Waals surface area contributed by atoms with Crippen molar-refractivity contribution in [3.63, 3.8) is 0 Å². The normalized spacial score (nSPS) is 5.79. The van der Waals surface area contributed by atoms with Gasteiger partial charge in [-0.3, -0.25) is 0 Å². The number of rotatable bonds is 1. The van der Waals surface area contributed by atoms with E-state index in [1.807, 2.05) is 24.3 Å². The van der Waals surface area contributed by atoms with Gasteiger partial charge >= 0.3 is 36.2 Å². The first-order chi connectivity index (χ1) is 4.33. The summed E-state index contributed by atoms with van der Waals surface area (Å²) in [5.74, 6) is 0.851. The van der Waals surface area contributed by atoms with E-state index in [-0.39, 0.29) is 58.5 Å². The van der Waals surface area contributed by atoms with Crippen molar-refractivity contribution in [2.45, 2.75) is 4.90 Å². The van der Waals surface area contributed by atoms with E-state index in [1.165, 1.54) is 0 Å². The second kappa shape index (κ2) is 15.8. The molecule has 14 heavy (non-hydrogen) atoms. The number of hydrogen-bond acceptors (Lipinski definition) is 2. The summed E-state index contributed by atoms with van der Waals surface area (Å²) in [6.45, 7) is 0. The first-order valence-electron chi connectivity index (χ1n) is 2.64. The topological polar surface area (TPSA) is 9.23 Å². The Morgan fingerprint density at radius 2 is 1.36 bits per heavy atom. The van der Waals surface area contributed by atoms with Crippen LogP contribution in [0.25, 0.3) is 0 Å². The number of methoxy groups -OCH3 is 1. The molecule has 0 N–H and O–H groups in total. The van der Waals surface area contributed by atoms with Gasteiger partial charge in [0, 0.05) is 0 Å². The van der Waals surface area contributed by atoms with Gasteiger partial charge in [0.05, 0.1) is 7.11 Å². The Hall–Kier alpha value is 0.370. The van der Waals surface area contributed by atoms with E-state index in [0.29, 0.717) is 0 Å². The molecule has 4 heteroatoms. The number of hydrogen-bond donors (Lipinski definition) is 0. The van der Waals surface area contributed by atoms with Crippen molar-refractivity contribution in [2.75, 3.05) is 7.11 Å². The maximum Gasteiger partial charge on any atom is 3.00 e.